The summed E-state index contributed by atoms with van der Waals surface area (Å²) in [6.07, 6.45) is 1.63. The quantitative estimate of drug-likeness (QED) is 0.485. The molecule has 8 nitrogen and oxygen atoms in total. The Hall–Kier alpha value is -3.46. The van der Waals surface area contributed by atoms with Crippen molar-refractivity contribution in [2.75, 3.05) is 5.32 Å². The van der Waals surface area contributed by atoms with Crippen LogP contribution in [-0.2, 0) is 10.5 Å². The number of carbonyl (C=O) groups is 1. The van der Waals surface area contributed by atoms with Crippen molar-refractivity contribution in [3.05, 3.63) is 66.2 Å². The Morgan fingerprint density at radius 2 is 2.03 bits per heavy atom. The van der Waals surface area contributed by atoms with Gasteiger partial charge in [0, 0.05) is 18.2 Å². The number of aromatic nitrogens is 5. The molecule has 0 atom stereocenters. The second kappa shape index (κ2) is 8.27. The lowest BCUT2D eigenvalue weighted by atomic mass is 10.1. The smallest absolute Gasteiger partial charge is 0.257 e. The Labute approximate surface area is 171 Å². The first kappa shape index (κ1) is 18.9. The highest BCUT2D eigenvalue weighted by molar-refractivity contribution is 7.98. The van der Waals surface area contributed by atoms with E-state index < -0.39 is 0 Å². The van der Waals surface area contributed by atoms with Crippen molar-refractivity contribution in [2.24, 2.45) is 0 Å². The third-order valence-electron chi connectivity index (χ3n) is 4.06. The lowest BCUT2D eigenvalue weighted by molar-refractivity contribution is -0.114. The summed E-state index contributed by atoms with van der Waals surface area (Å²) in [5.41, 5.74) is 3.61. The summed E-state index contributed by atoms with van der Waals surface area (Å²) in [5.74, 6) is 1.43. The number of hydrogen-bond acceptors (Lipinski definition) is 7. The van der Waals surface area contributed by atoms with E-state index in [4.69, 9.17) is 4.52 Å². The summed E-state index contributed by atoms with van der Waals surface area (Å²) >= 11 is 1.45. The molecule has 2 aromatic heterocycles. The van der Waals surface area contributed by atoms with Crippen LogP contribution in [0.2, 0.25) is 0 Å². The summed E-state index contributed by atoms with van der Waals surface area (Å²) in [6.45, 7) is 3.50. The van der Waals surface area contributed by atoms with E-state index in [1.54, 1.807) is 6.33 Å². The van der Waals surface area contributed by atoms with E-state index in [1.807, 2.05) is 60.0 Å². The summed E-state index contributed by atoms with van der Waals surface area (Å²) in [6, 6.07) is 15.4. The molecule has 0 spiro atoms. The van der Waals surface area contributed by atoms with Crippen molar-refractivity contribution in [1.82, 2.24) is 24.9 Å². The van der Waals surface area contributed by atoms with Crippen LogP contribution < -0.4 is 5.32 Å². The van der Waals surface area contributed by atoms with Gasteiger partial charge in [-0.15, -0.1) is 10.2 Å². The summed E-state index contributed by atoms with van der Waals surface area (Å²) in [4.78, 5) is 15.7. The van der Waals surface area contributed by atoms with Crippen LogP contribution in [0.15, 0.2) is 64.5 Å². The molecule has 146 valence electrons. The molecule has 29 heavy (non-hydrogen) atoms. The molecule has 4 rings (SSSR count). The summed E-state index contributed by atoms with van der Waals surface area (Å²) in [5, 5.41) is 15.7. The standard InChI is InChI=1S/C20H18N6O2S/c1-13-6-8-15(9-7-13)19-23-18(25-28-19)11-29-20-24-21-12-26(20)17-5-3-4-16(10-17)22-14(2)27/h3-10,12H,11H2,1-2H3,(H,22,27). The minimum atomic E-state index is -0.123. The first-order valence-corrected chi connectivity index (χ1v) is 9.87. The minimum absolute atomic E-state index is 0.123. The van der Waals surface area contributed by atoms with Crippen molar-refractivity contribution in [3.63, 3.8) is 0 Å². The highest BCUT2D eigenvalue weighted by atomic mass is 32.2. The van der Waals surface area contributed by atoms with Crippen molar-refractivity contribution >= 4 is 23.4 Å². The lowest BCUT2D eigenvalue weighted by Crippen LogP contribution is -2.06. The Morgan fingerprint density at radius 3 is 2.83 bits per heavy atom. The average molecular weight is 406 g/mol. The Morgan fingerprint density at radius 1 is 1.21 bits per heavy atom. The number of carbonyl (C=O) groups excluding carboxylic acids is 1. The van der Waals surface area contributed by atoms with Crippen LogP contribution in [0.4, 0.5) is 5.69 Å². The second-order valence-electron chi connectivity index (χ2n) is 6.39. The lowest BCUT2D eigenvalue weighted by Gasteiger charge is -2.08. The molecule has 0 saturated heterocycles. The van der Waals surface area contributed by atoms with E-state index in [0.29, 0.717) is 28.3 Å². The second-order valence-corrected chi connectivity index (χ2v) is 7.33. The molecular weight excluding hydrogens is 388 g/mol. The fraction of sp³-hybridized carbons (Fsp3) is 0.150. The number of thioether (sulfide) groups is 1. The molecule has 0 unspecified atom stereocenters. The van der Waals surface area contributed by atoms with Gasteiger partial charge in [-0.1, -0.05) is 40.7 Å². The number of amides is 1. The van der Waals surface area contributed by atoms with Gasteiger partial charge >= 0.3 is 0 Å². The number of hydrogen-bond donors (Lipinski definition) is 1. The van der Waals surface area contributed by atoms with Gasteiger partial charge in [-0.05, 0) is 37.3 Å². The molecule has 0 fully saturated rings. The zero-order valence-electron chi connectivity index (χ0n) is 15.9. The minimum Gasteiger partial charge on any atom is -0.334 e. The van der Waals surface area contributed by atoms with E-state index in [0.717, 1.165) is 11.3 Å². The van der Waals surface area contributed by atoms with Gasteiger partial charge in [-0.25, -0.2) is 0 Å². The Kier molecular flexibility index (Phi) is 5.39. The zero-order chi connectivity index (χ0) is 20.2. The van der Waals surface area contributed by atoms with Gasteiger partial charge < -0.3 is 9.84 Å². The van der Waals surface area contributed by atoms with Gasteiger partial charge in [-0.2, -0.15) is 4.98 Å². The van der Waals surface area contributed by atoms with Crippen LogP contribution in [0.5, 0.6) is 0 Å². The van der Waals surface area contributed by atoms with E-state index in [1.165, 1.54) is 24.2 Å². The molecule has 0 bridgehead atoms. The molecule has 0 aliphatic carbocycles. The van der Waals surface area contributed by atoms with E-state index in [2.05, 4.69) is 25.7 Å². The molecule has 2 aromatic carbocycles. The van der Waals surface area contributed by atoms with Crippen molar-refractivity contribution in [2.45, 2.75) is 24.8 Å². The molecule has 1 amide bonds. The molecule has 4 aromatic rings. The van der Waals surface area contributed by atoms with Gasteiger partial charge in [0.2, 0.25) is 5.91 Å². The maximum atomic E-state index is 11.3. The largest absolute Gasteiger partial charge is 0.334 e. The topological polar surface area (TPSA) is 98.7 Å². The fourth-order valence-corrected chi connectivity index (χ4v) is 3.46. The van der Waals surface area contributed by atoms with Gasteiger partial charge in [0.25, 0.3) is 5.89 Å². The van der Waals surface area contributed by atoms with Crippen molar-refractivity contribution in [1.29, 1.82) is 0 Å². The predicted molar refractivity (Wildman–Crippen MR) is 110 cm³/mol. The first-order valence-electron chi connectivity index (χ1n) is 8.89. The average Bonchev–Trinajstić information content (AvgIpc) is 3.36. The van der Waals surface area contributed by atoms with E-state index in [-0.39, 0.29) is 5.91 Å². The maximum Gasteiger partial charge on any atom is 0.257 e. The Bertz CT molecular complexity index is 1140. The van der Waals surface area contributed by atoms with Crippen LogP contribution >= 0.6 is 11.8 Å². The first-order chi connectivity index (χ1) is 14.1. The SMILES string of the molecule is CC(=O)Nc1cccc(-n2cnnc2SCc2noc(-c3ccc(C)cc3)n2)c1. The number of nitrogens with zero attached hydrogens (tertiary/aromatic N) is 5. The number of aryl methyl sites for hydroxylation is 1. The third kappa shape index (κ3) is 4.52. The number of rotatable bonds is 6. The van der Waals surface area contributed by atoms with Crippen LogP contribution in [0, 0.1) is 6.92 Å². The van der Waals surface area contributed by atoms with Crippen LogP contribution in [-0.4, -0.2) is 30.8 Å². The van der Waals surface area contributed by atoms with Crippen LogP contribution in [0.1, 0.15) is 18.3 Å². The van der Waals surface area contributed by atoms with E-state index in [9.17, 15) is 4.79 Å². The van der Waals surface area contributed by atoms with Gasteiger partial charge in [0.1, 0.15) is 6.33 Å². The van der Waals surface area contributed by atoms with Gasteiger partial charge in [0.05, 0.1) is 11.4 Å². The molecule has 0 aliphatic rings. The molecule has 0 aliphatic heterocycles. The molecule has 2 heterocycles. The summed E-state index contributed by atoms with van der Waals surface area (Å²) < 4.78 is 7.21. The number of benzene rings is 2. The highest BCUT2D eigenvalue weighted by Crippen LogP contribution is 2.25. The van der Waals surface area contributed by atoms with E-state index >= 15 is 0 Å². The normalized spacial score (nSPS) is 10.8. The van der Waals surface area contributed by atoms with Crippen molar-refractivity contribution in [3.8, 4) is 17.1 Å². The van der Waals surface area contributed by atoms with Gasteiger partial charge in [-0.3, -0.25) is 9.36 Å². The molecule has 9 heteroatoms. The fourth-order valence-electron chi connectivity index (χ4n) is 2.69. The summed E-state index contributed by atoms with van der Waals surface area (Å²) in [7, 11) is 0. The highest BCUT2D eigenvalue weighted by Gasteiger charge is 2.13. The number of anilines is 1. The Balaban J connectivity index is 1.48. The van der Waals surface area contributed by atoms with Crippen LogP contribution in [0.25, 0.3) is 17.1 Å². The molecule has 1 N–H and O–H groups in total. The third-order valence-corrected chi connectivity index (χ3v) is 5.00. The monoisotopic (exact) mass is 406 g/mol. The molecular formula is C20H18N6O2S. The zero-order valence-corrected chi connectivity index (χ0v) is 16.7. The van der Waals surface area contributed by atoms with Crippen LogP contribution in [0.3, 0.4) is 0 Å². The molecule has 0 radical (unpaired) electrons. The van der Waals surface area contributed by atoms with Gasteiger partial charge in [0.15, 0.2) is 11.0 Å². The predicted octanol–water partition coefficient (Wildman–Crippen LogP) is 3.88. The number of nitrogens with one attached hydrogen (secondary N) is 1. The van der Waals surface area contributed by atoms with Crippen molar-refractivity contribution < 1.29 is 9.32 Å². The maximum absolute atomic E-state index is 11.3. The molecule has 0 saturated carbocycles.